The van der Waals surface area contributed by atoms with Crippen LogP contribution in [0.1, 0.15) is 45.4 Å². The maximum absolute atomic E-state index is 11.5. The van der Waals surface area contributed by atoms with E-state index in [1.807, 2.05) is 19.1 Å². The summed E-state index contributed by atoms with van der Waals surface area (Å²) < 4.78 is 11.5. The molecule has 4 nitrogen and oxygen atoms in total. The summed E-state index contributed by atoms with van der Waals surface area (Å²) in [7, 11) is 0. The normalized spacial score (nSPS) is 24.4. The molecule has 0 aromatic carbocycles. The Balaban J connectivity index is 1.64. The molecule has 0 radical (unpaired) electrons. The highest BCUT2D eigenvalue weighted by molar-refractivity contribution is 5.90. The van der Waals surface area contributed by atoms with Gasteiger partial charge in [0.15, 0.2) is 0 Å². The lowest BCUT2D eigenvalue weighted by atomic mass is 9.89. The number of cyclic esters (lactones) is 1. The number of hydrogen-bond acceptors (Lipinski definition) is 4. The highest BCUT2D eigenvalue weighted by Crippen LogP contribution is 2.32. The highest BCUT2D eigenvalue weighted by Gasteiger charge is 2.34. The van der Waals surface area contributed by atoms with Crippen molar-refractivity contribution in [2.24, 2.45) is 0 Å². The van der Waals surface area contributed by atoms with Crippen molar-refractivity contribution >= 4 is 5.97 Å². The Labute approximate surface area is 148 Å². The van der Waals surface area contributed by atoms with Crippen molar-refractivity contribution in [2.75, 3.05) is 0 Å². The monoisotopic (exact) mass is 337 g/mol. The first-order valence-corrected chi connectivity index (χ1v) is 8.86. The van der Waals surface area contributed by atoms with Crippen molar-refractivity contribution in [3.8, 4) is 6.07 Å². The number of nitrogens with zero attached hydrogens (tertiary/aromatic N) is 1. The first kappa shape index (κ1) is 17.3. The molecule has 4 heteroatoms. The lowest BCUT2D eigenvalue weighted by Gasteiger charge is -2.26. The van der Waals surface area contributed by atoms with Gasteiger partial charge in [-0.15, -0.1) is 0 Å². The van der Waals surface area contributed by atoms with E-state index >= 15 is 0 Å². The highest BCUT2D eigenvalue weighted by atomic mass is 16.6. The third-order valence-electron chi connectivity index (χ3n) is 4.93. The second-order valence-corrected chi connectivity index (χ2v) is 6.64. The Kier molecular flexibility index (Phi) is 5.23. The summed E-state index contributed by atoms with van der Waals surface area (Å²) in [5, 5.41) is 8.93. The van der Waals surface area contributed by atoms with Crippen molar-refractivity contribution in [3.05, 3.63) is 58.9 Å². The van der Waals surface area contributed by atoms with E-state index in [9.17, 15) is 4.79 Å². The van der Waals surface area contributed by atoms with Crippen molar-refractivity contribution in [1.82, 2.24) is 0 Å². The van der Waals surface area contributed by atoms with Crippen molar-refractivity contribution in [1.29, 1.82) is 5.26 Å². The summed E-state index contributed by atoms with van der Waals surface area (Å²) in [6.07, 6.45) is 12.6. The number of allylic oxidation sites excluding steroid dienone is 8. The van der Waals surface area contributed by atoms with Crippen molar-refractivity contribution in [3.63, 3.8) is 0 Å². The summed E-state index contributed by atoms with van der Waals surface area (Å²) in [6.45, 7) is 5.77. The molecule has 0 aromatic rings. The minimum absolute atomic E-state index is 0.126. The van der Waals surface area contributed by atoms with E-state index in [1.165, 1.54) is 11.1 Å². The van der Waals surface area contributed by atoms with Gasteiger partial charge in [-0.3, -0.25) is 0 Å². The minimum atomic E-state index is -0.305. The third kappa shape index (κ3) is 3.93. The first-order valence-electron chi connectivity index (χ1n) is 8.86. The van der Waals surface area contributed by atoms with E-state index in [0.717, 1.165) is 43.4 Å². The van der Waals surface area contributed by atoms with Crippen LogP contribution in [-0.2, 0) is 14.3 Å². The van der Waals surface area contributed by atoms with Crippen LogP contribution in [0.2, 0.25) is 0 Å². The lowest BCUT2D eigenvalue weighted by Crippen LogP contribution is -2.28. The quantitative estimate of drug-likeness (QED) is 0.550. The molecule has 0 amide bonds. The molecule has 1 saturated heterocycles. The zero-order chi connectivity index (χ0) is 17.8. The second kappa shape index (κ2) is 7.57. The van der Waals surface area contributed by atoms with E-state index in [0.29, 0.717) is 12.0 Å². The molecule has 2 aliphatic carbocycles. The van der Waals surface area contributed by atoms with Gasteiger partial charge in [0.2, 0.25) is 0 Å². The van der Waals surface area contributed by atoms with Crippen LogP contribution < -0.4 is 0 Å². The molecule has 1 heterocycles. The van der Waals surface area contributed by atoms with Gasteiger partial charge < -0.3 is 9.47 Å². The summed E-state index contributed by atoms with van der Waals surface area (Å²) in [5.41, 5.74) is 4.00. The number of nitriles is 1. The SMILES string of the molecule is C=C1CC(C(CC)OC2=CC=C(C3=CC=C(C#N)CC3)CC2)OC1=O. The molecule has 3 rings (SSSR count). The maximum atomic E-state index is 11.5. The molecule has 0 aromatic heterocycles. The average Bonchev–Trinajstić information content (AvgIpc) is 2.99. The van der Waals surface area contributed by atoms with Crippen LogP contribution in [0, 0.1) is 11.3 Å². The van der Waals surface area contributed by atoms with Crippen LogP contribution in [0.5, 0.6) is 0 Å². The molecule has 0 N–H and O–H groups in total. The van der Waals surface area contributed by atoms with E-state index in [-0.39, 0.29) is 18.2 Å². The fraction of sp³-hybridized carbons (Fsp3) is 0.429. The van der Waals surface area contributed by atoms with Gasteiger partial charge in [0, 0.05) is 24.0 Å². The zero-order valence-electron chi connectivity index (χ0n) is 14.6. The summed E-state index contributed by atoms with van der Waals surface area (Å²) in [6, 6.07) is 2.22. The van der Waals surface area contributed by atoms with Crippen LogP contribution in [-0.4, -0.2) is 18.2 Å². The van der Waals surface area contributed by atoms with Crippen LogP contribution in [0.4, 0.5) is 0 Å². The topological polar surface area (TPSA) is 59.3 Å². The van der Waals surface area contributed by atoms with E-state index in [4.69, 9.17) is 14.7 Å². The molecule has 1 aliphatic heterocycles. The molecular weight excluding hydrogens is 314 g/mol. The molecule has 2 unspecified atom stereocenters. The molecule has 3 aliphatic rings. The predicted molar refractivity (Wildman–Crippen MR) is 95.2 cm³/mol. The average molecular weight is 337 g/mol. The fourth-order valence-corrected chi connectivity index (χ4v) is 3.39. The Morgan fingerprint density at radius 1 is 1.24 bits per heavy atom. The number of carbonyl (C=O) groups excluding carboxylic acids is 1. The molecule has 25 heavy (non-hydrogen) atoms. The van der Waals surface area contributed by atoms with Gasteiger partial charge in [-0.25, -0.2) is 4.79 Å². The van der Waals surface area contributed by atoms with Gasteiger partial charge in [0.25, 0.3) is 0 Å². The maximum Gasteiger partial charge on any atom is 0.333 e. The van der Waals surface area contributed by atoms with Gasteiger partial charge >= 0.3 is 5.97 Å². The van der Waals surface area contributed by atoms with Gasteiger partial charge in [-0.1, -0.05) is 25.7 Å². The largest absolute Gasteiger partial charge is 0.491 e. The molecule has 0 saturated carbocycles. The van der Waals surface area contributed by atoms with Crippen LogP contribution in [0.3, 0.4) is 0 Å². The lowest BCUT2D eigenvalue weighted by molar-refractivity contribution is -0.143. The summed E-state index contributed by atoms with van der Waals surface area (Å²) in [5.74, 6) is 0.634. The van der Waals surface area contributed by atoms with Crippen LogP contribution in [0.25, 0.3) is 0 Å². The smallest absolute Gasteiger partial charge is 0.333 e. The summed E-state index contributed by atoms with van der Waals surface area (Å²) in [4.78, 5) is 11.5. The summed E-state index contributed by atoms with van der Waals surface area (Å²) >= 11 is 0. The van der Waals surface area contributed by atoms with Crippen LogP contribution in [0.15, 0.2) is 58.9 Å². The number of hydrogen-bond donors (Lipinski definition) is 0. The number of ether oxygens (including phenoxy) is 2. The Morgan fingerprint density at radius 3 is 2.44 bits per heavy atom. The molecule has 130 valence electrons. The minimum Gasteiger partial charge on any atom is -0.491 e. The van der Waals surface area contributed by atoms with E-state index < -0.39 is 0 Å². The Morgan fingerprint density at radius 2 is 1.96 bits per heavy atom. The third-order valence-corrected chi connectivity index (χ3v) is 4.93. The second-order valence-electron chi connectivity index (χ2n) is 6.64. The predicted octanol–water partition coefficient (Wildman–Crippen LogP) is 4.43. The first-order chi connectivity index (χ1) is 12.1. The number of carbonyl (C=O) groups is 1. The van der Waals surface area contributed by atoms with Crippen molar-refractivity contribution in [2.45, 2.75) is 57.7 Å². The Hall–Kier alpha value is -2.54. The molecule has 0 spiro atoms. The molecule has 0 bridgehead atoms. The number of rotatable bonds is 5. The zero-order valence-corrected chi connectivity index (χ0v) is 14.6. The fourth-order valence-electron chi connectivity index (χ4n) is 3.39. The standard InChI is InChI=1S/C21H23NO3/c1-3-19(20-12-14(2)21(23)25-20)24-18-10-8-17(9-11-18)16-6-4-15(13-22)5-7-16/h4,6,8,10,19-20H,2-3,5,7,9,11-12H2,1H3. The molecule has 1 fully saturated rings. The van der Waals surface area contributed by atoms with E-state index in [1.54, 1.807) is 0 Å². The Bertz CT molecular complexity index is 730. The number of esters is 1. The molecular formula is C21H23NO3. The van der Waals surface area contributed by atoms with Gasteiger partial charge in [0.1, 0.15) is 12.2 Å². The van der Waals surface area contributed by atoms with Gasteiger partial charge in [-0.2, -0.15) is 5.26 Å². The molecule has 2 atom stereocenters. The van der Waals surface area contributed by atoms with Gasteiger partial charge in [0.05, 0.1) is 11.8 Å². The van der Waals surface area contributed by atoms with Crippen LogP contribution >= 0.6 is 0 Å². The van der Waals surface area contributed by atoms with Gasteiger partial charge in [-0.05, 0) is 49.0 Å². The van der Waals surface area contributed by atoms with E-state index in [2.05, 4.69) is 24.8 Å². The van der Waals surface area contributed by atoms with Crippen molar-refractivity contribution < 1.29 is 14.3 Å².